The van der Waals surface area contributed by atoms with Gasteiger partial charge in [0.15, 0.2) is 5.13 Å². The smallest absolute Gasteiger partial charge is 0.303 e. The molecule has 0 saturated carbocycles. The van der Waals surface area contributed by atoms with E-state index in [2.05, 4.69) is 15.6 Å². The first-order valence-electron chi connectivity index (χ1n) is 6.78. The molecule has 116 valence electrons. The minimum absolute atomic E-state index is 0.0100. The summed E-state index contributed by atoms with van der Waals surface area (Å²) in [4.78, 5) is 37.6. The number of anilines is 1. The van der Waals surface area contributed by atoms with E-state index < -0.39 is 5.97 Å². The fourth-order valence-electron chi connectivity index (χ4n) is 1.49. The predicted octanol–water partition coefficient (Wildman–Crippen LogP) is 1.87. The van der Waals surface area contributed by atoms with E-state index in [4.69, 9.17) is 5.11 Å². The summed E-state index contributed by atoms with van der Waals surface area (Å²) in [5.41, 5.74) is 0.223. The van der Waals surface area contributed by atoms with Gasteiger partial charge in [-0.25, -0.2) is 4.98 Å². The van der Waals surface area contributed by atoms with Crippen LogP contribution in [0, 0.1) is 0 Å². The highest BCUT2D eigenvalue weighted by Gasteiger charge is 2.12. The fourth-order valence-corrected chi connectivity index (χ4v) is 2.19. The summed E-state index contributed by atoms with van der Waals surface area (Å²) in [6.07, 6.45) is 2.57. The topological polar surface area (TPSA) is 108 Å². The zero-order chi connectivity index (χ0) is 15.7. The van der Waals surface area contributed by atoms with Gasteiger partial charge in [-0.05, 0) is 12.8 Å². The number of hydrogen-bond acceptors (Lipinski definition) is 5. The lowest BCUT2D eigenvalue weighted by Gasteiger charge is -2.01. The van der Waals surface area contributed by atoms with Crippen LogP contribution in [0.5, 0.6) is 0 Å². The number of aliphatic carboxylic acids is 1. The van der Waals surface area contributed by atoms with Crippen molar-refractivity contribution in [2.24, 2.45) is 0 Å². The third kappa shape index (κ3) is 6.84. The average Bonchev–Trinajstić information content (AvgIpc) is 2.89. The molecule has 0 bridgehead atoms. The maximum absolute atomic E-state index is 11.7. The molecule has 0 aliphatic rings. The number of nitrogens with zero attached hydrogens (tertiary/aromatic N) is 1. The van der Waals surface area contributed by atoms with Crippen molar-refractivity contribution in [3.8, 4) is 0 Å². The Hall–Kier alpha value is -1.96. The second kappa shape index (κ2) is 9.06. The lowest BCUT2D eigenvalue weighted by molar-refractivity contribution is -0.137. The highest BCUT2D eigenvalue weighted by atomic mass is 32.1. The van der Waals surface area contributed by atoms with Gasteiger partial charge in [0.1, 0.15) is 5.69 Å². The number of nitrogens with one attached hydrogen (secondary N) is 2. The fraction of sp³-hybridized carbons (Fsp3) is 0.538. The minimum atomic E-state index is -0.894. The van der Waals surface area contributed by atoms with Crippen LogP contribution in [0.3, 0.4) is 0 Å². The minimum Gasteiger partial charge on any atom is -0.481 e. The summed E-state index contributed by atoms with van der Waals surface area (Å²) >= 11 is 1.19. The van der Waals surface area contributed by atoms with Crippen molar-refractivity contribution >= 4 is 34.3 Å². The number of rotatable bonds is 9. The molecule has 1 aromatic heterocycles. The molecule has 1 rings (SSSR count). The van der Waals surface area contributed by atoms with Crippen molar-refractivity contribution in [1.82, 2.24) is 10.3 Å². The highest BCUT2D eigenvalue weighted by Crippen LogP contribution is 2.15. The van der Waals surface area contributed by atoms with Crippen LogP contribution in [0.15, 0.2) is 5.38 Å². The summed E-state index contributed by atoms with van der Waals surface area (Å²) in [6.45, 7) is 2.28. The first-order chi connectivity index (χ1) is 10.0. The zero-order valence-electron chi connectivity index (χ0n) is 11.8. The Morgan fingerprint density at radius 3 is 2.71 bits per heavy atom. The van der Waals surface area contributed by atoms with E-state index in [1.54, 1.807) is 5.38 Å². The molecule has 1 aromatic rings. The lowest BCUT2D eigenvalue weighted by atomic mass is 10.2. The summed E-state index contributed by atoms with van der Waals surface area (Å²) in [5, 5.41) is 15.7. The third-order valence-corrected chi connectivity index (χ3v) is 3.35. The zero-order valence-corrected chi connectivity index (χ0v) is 12.7. The van der Waals surface area contributed by atoms with Crippen molar-refractivity contribution in [1.29, 1.82) is 0 Å². The Bertz CT molecular complexity index is 501. The first-order valence-corrected chi connectivity index (χ1v) is 7.66. The number of unbranched alkanes of at least 4 members (excludes halogenated alkanes) is 1. The molecule has 2 amide bonds. The third-order valence-electron chi connectivity index (χ3n) is 2.59. The average molecular weight is 313 g/mol. The molecule has 1 heterocycles. The number of aromatic nitrogens is 1. The summed E-state index contributed by atoms with van der Waals surface area (Å²) in [5.74, 6) is -1.37. The molecule has 8 heteroatoms. The van der Waals surface area contributed by atoms with Gasteiger partial charge in [-0.3, -0.25) is 14.4 Å². The van der Waals surface area contributed by atoms with E-state index in [0.717, 1.165) is 12.8 Å². The molecule has 0 aliphatic heterocycles. The number of hydrogen-bond donors (Lipinski definition) is 3. The van der Waals surface area contributed by atoms with Crippen LogP contribution in [0.2, 0.25) is 0 Å². The van der Waals surface area contributed by atoms with E-state index in [0.29, 0.717) is 18.0 Å². The van der Waals surface area contributed by atoms with Gasteiger partial charge >= 0.3 is 5.97 Å². The summed E-state index contributed by atoms with van der Waals surface area (Å²) in [7, 11) is 0. The van der Waals surface area contributed by atoms with E-state index in [-0.39, 0.29) is 30.5 Å². The van der Waals surface area contributed by atoms with Crippen molar-refractivity contribution in [2.45, 2.75) is 39.0 Å². The SMILES string of the molecule is CCCCC(=O)Nc1nc(C(=O)NCCCC(=O)O)cs1. The molecule has 0 atom stereocenters. The summed E-state index contributed by atoms with van der Waals surface area (Å²) < 4.78 is 0. The normalized spacial score (nSPS) is 10.1. The van der Waals surface area contributed by atoms with E-state index in [1.165, 1.54) is 11.3 Å². The predicted molar refractivity (Wildman–Crippen MR) is 79.5 cm³/mol. The maximum Gasteiger partial charge on any atom is 0.303 e. The molecule has 0 aromatic carbocycles. The number of thiazole rings is 1. The number of carboxylic acid groups (broad SMARTS) is 1. The largest absolute Gasteiger partial charge is 0.481 e. The molecule has 0 spiro atoms. The van der Waals surface area contributed by atoms with Gasteiger partial charge in [-0.1, -0.05) is 13.3 Å². The molecule has 0 unspecified atom stereocenters. The summed E-state index contributed by atoms with van der Waals surface area (Å²) in [6, 6.07) is 0. The molecule has 7 nitrogen and oxygen atoms in total. The van der Waals surface area contributed by atoms with Crippen LogP contribution in [-0.2, 0) is 9.59 Å². The lowest BCUT2D eigenvalue weighted by Crippen LogP contribution is -2.25. The Kier molecular flexibility index (Phi) is 7.38. The van der Waals surface area contributed by atoms with Crippen LogP contribution in [0.4, 0.5) is 5.13 Å². The van der Waals surface area contributed by atoms with Gasteiger partial charge in [0.2, 0.25) is 5.91 Å². The van der Waals surface area contributed by atoms with E-state index in [1.807, 2.05) is 6.92 Å². The number of carbonyl (C=O) groups excluding carboxylic acids is 2. The Labute approximate surface area is 126 Å². The van der Waals surface area contributed by atoms with E-state index in [9.17, 15) is 14.4 Å². The molecule has 0 fully saturated rings. The van der Waals surface area contributed by atoms with Crippen LogP contribution < -0.4 is 10.6 Å². The number of carbonyl (C=O) groups is 3. The van der Waals surface area contributed by atoms with E-state index >= 15 is 0 Å². The second-order valence-electron chi connectivity index (χ2n) is 4.44. The van der Waals surface area contributed by atoms with Crippen molar-refractivity contribution in [3.63, 3.8) is 0 Å². The molecule has 0 saturated heterocycles. The standard InChI is InChI=1S/C13H19N3O4S/c1-2-3-5-10(17)16-13-15-9(8-21-13)12(20)14-7-4-6-11(18)19/h8H,2-7H2,1H3,(H,14,20)(H,18,19)(H,15,16,17). The molecule has 0 aliphatic carbocycles. The van der Waals surface area contributed by atoms with Crippen LogP contribution in [0.1, 0.15) is 49.5 Å². The molecule has 0 radical (unpaired) electrons. The van der Waals surface area contributed by atoms with Gasteiger partial charge in [0, 0.05) is 24.8 Å². The van der Waals surface area contributed by atoms with Crippen LogP contribution in [-0.4, -0.2) is 34.4 Å². The quantitative estimate of drug-likeness (QED) is 0.603. The molecule has 21 heavy (non-hydrogen) atoms. The van der Waals surface area contributed by atoms with Crippen LogP contribution in [0.25, 0.3) is 0 Å². The molecule has 3 N–H and O–H groups in total. The number of amides is 2. The van der Waals surface area contributed by atoms with Gasteiger partial charge in [0.05, 0.1) is 0 Å². The van der Waals surface area contributed by atoms with Gasteiger partial charge in [0.25, 0.3) is 5.91 Å². The van der Waals surface area contributed by atoms with Crippen LogP contribution >= 0.6 is 11.3 Å². The maximum atomic E-state index is 11.7. The van der Waals surface area contributed by atoms with Crippen molar-refractivity contribution in [3.05, 3.63) is 11.1 Å². The van der Waals surface area contributed by atoms with Gasteiger partial charge in [-0.15, -0.1) is 11.3 Å². The molecular formula is C13H19N3O4S. The van der Waals surface area contributed by atoms with Crippen molar-refractivity contribution < 1.29 is 19.5 Å². The Balaban J connectivity index is 2.37. The monoisotopic (exact) mass is 313 g/mol. The molecular weight excluding hydrogens is 294 g/mol. The Morgan fingerprint density at radius 2 is 2.05 bits per heavy atom. The number of carboxylic acids is 1. The van der Waals surface area contributed by atoms with Gasteiger partial charge in [-0.2, -0.15) is 0 Å². The second-order valence-corrected chi connectivity index (χ2v) is 5.30. The van der Waals surface area contributed by atoms with Crippen molar-refractivity contribution in [2.75, 3.05) is 11.9 Å². The highest BCUT2D eigenvalue weighted by molar-refractivity contribution is 7.14. The van der Waals surface area contributed by atoms with Gasteiger partial charge < -0.3 is 15.7 Å². The first kappa shape index (κ1) is 17.1. The Morgan fingerprint density at radius 1 is 1.29 bits per heavy atom.